The van der Waals surface area contributed by atoms with E-state index >= 15 is 0 Å². The summed E-state index contributed by atoms with van der Waals surface area (Å²) in [6.07, 6.45) is 0. The van der Waals surface area contributed by atoms with Crippen molar-refractivity contribution in [2.24, 2.45) is 0 Å². The van der Waals surface area contributed by atoms with E-state index in [1.165, 1.54) is 6.07 Å². The van der Waals surface area contributed by atoms with Crippen LogP contribution in [-0.4, -0.2) is 20.1 Å². The van der Waals surface area contributed by atoms with Crippen LogP contribution in [-0.2, 0) is 0 Å². The number of phenols is 1. The summed E-state index contributed by atoms with van der Waals surface area (Å²) in [5.41, 5.74) is 6.79. The summed E-state index contributed by atoms with van der Waals surface area (Å²) in [4.78, 5) is 12.3. The molecule has 2 aromatic carbocycles. The van der Waals surface area contributed by atoms with Crippen LogP contribution >= 0.6 is 23.2 Å². The molecule has 3 rings (SSSR count). The fourth-order valence-corrected chi connectivity index (χ4v) is 2.31. The molecule has 0 aliphatic carbocycles. The second kappa shape index (κ2) is 6.28. The zero-order valence-electron chi connectivity index (χ0n) is 11.7. The van der Waals surface area contributed by atoms with Gasteiger partial charge in [0.2, 0.25) is 11.9 Å². The highest BCUT2D eigenvalue weighted by molar-refractivity contribution is 6.31. The van der Waals surface area contributed by atoms with Gasteiger partial charge in [-0.2, -0.15) is 15.0 Å². The Bertz CT molecular complexity index is 872. The lowest BCUT2D eigenvalue weighted by Crippen LogP contribution is -2.05. The number of aromatic hydroxyl groups is 1. The highest BCUT2D eigenvalue weighted by Gasteiger charge is 2.12. The molecule has 0 saturated heterocycles. The molecule has 0 saturated carbocycles. The first-order valence-electron chi connectivity index (χ1n) is 6.54. The van der Waals surface area contributed by atoms with Gasteiger partial charge in [0.15, 0.2) is 5.82 Å². The quantitative estimate of drug-likeness (QED) is 0.665. The average Bonchev–Trinajstić information content (AvgIpc) is 2.49. The first kappa shape index (κ1) is 15.3. The van der Waals surface area contributed by atoms with Crippen LogP contribution in [0.2, 0.25) is 10.0 Å². The number of nitrogen functional groups attached to an aromatic ring is 1. The molecule has 1 aromatic heterocycles. The number of hydrogen-bond donors (Lipinski definition) is 3. The van der Waals surface area contributed by atoms with Crippen molar-refractivity contribution in [1.29, 1.82) is 0 Å². The fraction of sp³-hybridized carbons (Fsp3) is 0. The van der Waals surface area contributed by atoms with Crippen LogP contribution in [0.3, 0.4) is 0 Å². The van der Waals surface area contributed by atoms with Gasteiger partial charge in [-0.3, -0.25) is 0 Å². The molecule has 0 bridgehead atoms. The molecule has 0 fully saturated rings. The summed E-state index contributed by atoms with van der Waals surface area (Å²) in [6.45, 7) is 0. The minimum Gasteiger partial charge on any atom is -0.507 e. The highest BCUT2D eigenvalue weighted by Crippen LogP contribution is 2.30. The van der Waals surface area contributed by atoms with Crippen molar-refractivity contribution in [1.82, 2.24) is 15.0 Å². The Morgan fingerprint density at radius 3 is 2.52 bits per heavy atom. The fourth-order valence-electron chi connectivity index (χ4n) is 1.95. The average molecular weight is 348 g/mol. The monoisotopic (exact) mass is 347 g/mol. The summed E-state index contributed by atoms with van der Waals surface area (Å²) < 4.78 is 0. The van der Waals surface area contributed by atoms with Crippen LogP contribution in [0.25, 0.3) is 11.4 Å². The Morgan fingerprint density at radius 1 is 0.957 bits per heavy atom. The third-order valence-corrected chi connectivity index (χ3v) is 3.40. The van der Waals surface area contributed by atoms with E-state index in [-0.39, 0.29) is 23.5 Å². The second-order valence-electron chi connectivity index (χ2n) is 4.64. The van der Waals surface area contributed by atoms with E-state index in [4.69, 9.17) is 28.9 Å². The molecule has 1 heterocycles. The standard InChI is InChI=1S/C15H11Cl2N5O/c16-8-2-1-3-10(6-8)19-15-21-13(20-14(18)22-15)11-7-9(17)4-5-12(11)23/h1-7,23H,(H3,18,19,20,21,22). The molecule has 0 radical (unpaired) electrons. The largest absolute Gasteiger partial charge is 0.507 e. The number of nitrogens with one attached hydrogen (secondary N) is 1. The normalized spacial score (nSPS) is 10.5. The predicted molar refractivity (Wildman–Crippen MR) is 91.1 cm³/mol. The van der Waals surface area contributed by atoms with Gasteiger partial charge >= 0.3 is 0 Å². The maximum atomic E-state index is 9.96. The molecular formula is C15H11Cl2N5O. The topological polar surface area (TPSA) is 97.0 Å². The SMILES string of the molecule is Nc1nc(Nc2cccc(Cl)c2)nc(-c2cc(Cl)ccc2O)n1. The number of anilines is 3. The van der Waals surface area contributed by atoms with Gasteiger partial charge in [0.1, 0.15) is 5.75 Å². The summed E-state index contributed by atoms with van der Waals surface area (Å²) in [5.74, 6) is 0.448. The maximum absolute atomic E-state index is 9.96. The predicted octanol–water partition coefficient (Wildman–Crippen LogP) is 3.88. The number of aromatic nitrogens is 3. The van der Waals surface area contributed by atoms with Crippen molar-refractivity contribution in [2.75, 3.05) is 11.1 Å². The molecule has 3 aromatic rings. The minimum absolute atomic E-state index is 0.00583. The van der Waals surface area contributed by atoms with Gasteiger partial charge in [0, 0.05) is 15.7 Å². The van der Waals surface area contributed by atoms with Gasteiger partial charge < -0.3 is 16.2 Å². The first-order chi connectivity index (χ1) is 11.0. The zero-order chi connectivity index (χ0) is 16.4. The van der Waals surface area contributed by atoms with E-state index in [0.717, 1.165) is 0 Å². The molecule has 4 N–H and O–H groups in total. The first-order valence-corrected chi connectivity index (χ1v) is 7.30. The Labute approximate surface area is 141 Å². The summed E-state index contributed by atoms with van der Waals surface area (Å²) in [6, 6.07) is 11.6. The Hall–Kier alpha value is -2.57. The number of rotatable bonds is 3. The molecular weight excluding hydrogens is 337 g/mol. The van der Waals surface area contributed by atoms with Gasteiger partial charge in [-0.15, -0.1) is 0 Å². The van der Waals surface area contributed by atoms with E-state index in [1.807, 2.05) is 6.07 Å². The number of nitrogens with zero attached hydrogens (tertiary/aromatic N) is 3. The van der Waals surface area contributed by atoms with Crippen molar-refractivity contribution in [3.8, 4) is 17.1 Å². The van der Waals surface area contributed by atoms with Gasteiger partial charge in [-0.05, 0) is 36.4 Å². The number of hydrogen-bond acceptors (Lipinski definition) is 6. The van der Waals surface area contributed by atoms with Crippen LogP contribution in [0.1, 0.15) is 0 Å². The molecule has 6 nitrogen and oxygen atoms in total. The second-order valence-corrected chi connectivity index (χ2v) is 5.51. The summed E-state index contributed by atoms with van der Waals surface area (Å²) >= 11 is 11.9. The lowest BCUT2D eigenvalue weighted by atomic mass is 10.2. The van der Waals surface area contributed by atoms with Crippen molar-refractivity contribution in [3.05, 3.63) is 52.5 Å². The van der Waals surface area contributed by atoms with E-state index in [9.17, 15) is 5.11 Å². The van der Waals surface area contributed by atoms with Crippen molar-refractivity contribution >= 4 is 40.8 Å². The van der Waals surface area contributed by atoms with E-state index in [0.29, 0.717) is 21.3 Å². The molecule has 8 heteroatoms. The molecule has 116 valence electrons. The van der Waals surface area contributed by atoms with Gasteiger partial charge in [0.25, 0.3) is 0 Å². The lowest BCUT2D eigenvalue weighted by Gasteiger charge is -2.09. The van der Waals surface area contributed by atoms with Crippen molar-refractivity contribution < 1.29 is 5.11 Å². The number of nitrogens with two attached hydrogens (primary N) is 1. The smallest absolute Gasteiger partial charge is 0.232 e. The van der Waals surface area contributed by atoms with Crippen LogP contribution in [0.5, 0.6) is 5.75 Å². The van der Waals surface area contributed by atoms with E-state index < -0.39 is 0 Å². The molecule has 23 heavy (non-hydrogen) atoms. The van der Waals surface area contributed by atoms with Gasteiger partial charge in [-0.25, -0.2) is 0 Å². The van der Waals surface area contributed by atoms with Gasteiger partial charge in [0.05, 0.1) is 5.56 Å². The molecule has 0 aliphatic heterocycles. The molecule has 0 aliphatic rings. The van der Waals surface area contributed by atoms with Crippen LogP contribution in [0.15, 0.2) is 42.5 Å². The van der Waals surface area contributed by atoms with Crippen LogP contribution in [0.4, 0.5) is 17.6 Å². The summed E-state index contributed by atoms with van der Waals surface area (Å²) in [5, 5.41) is 14.0. The van der Waals surface area contributed by atoms with Crippen LogP contribution in [0, 0.1) is 0 Å². The number of halogens is 2. The maximum Gasteiger partial charge on any atom is 0.232 e. The molecule has 0 amide bonds. The number of phenolic OH excluding ortho intramolecular Hbond substituents is 1. The Morgan fingerprint density at radius 2 is 1.74 bits per heavy atom. The van der Waals surface area contributed by atoms with Crippen LogP contribution < -0.4 is 11.1 Å². The van der Waals surface area contributed by atoms with Crippen molar-refractivity contribution in [2.45, 2.75) is 0 Å². The van der Waals surface area contributed by atoms with E-state index in [1.54, 1.807) is 30.3 Å². The Kier molecular flexibility index (Phi) is 4.18. The molecule has 0 atom stereocenters. The van der Waals surface area contributed by atoms with Crippen molar-refractivity contribution in [3.63, 3.8) is 0 Å². The summed E-state index contributed by atoms with van der Waals surface area (Å²) in [7, 11) is 0. The molecule has 0 spiro atoms. The lowest BCUT2D eigenvalue weighted by molar-refractivity contribution is 0.477. The highest BCUT2D eigenvalue weighted by atomic mass is 35.5. The number of benzene rings is 2. The zero-order valence-corrected chi connectivity index (χ0v) is 13.2. The Balaban J connectivity index is 2.01. The van der Waals surface area contributed by atoms with Gasteiger partial charge in [-0.1, -0.05) is 29.3 Å². The third kappa shape index (κ3) is 3.61. The molecule has 0 unspecified atom stereocenters. The minimum atomic E-state index is -0.00583. The van der Waals surface area contributed by atoms with E-state index in [2.05, 4.69) is 20.3 Å². The third-order valence-electron chi connectivity index (χ3n) is 2.93.